The molecule has 126 valence electrons. The number of sulfone groups is 1. The predicted molar refractivity (Wildman–Crippen MR) is 85.1 cm³/mol. The van der Waals surface area contributed by atoms with Gasteiger partial charge >= 0.3 is 5.97 Å². The lowest BCUT2D eigenvalue weighted by molar-refractivity contribution is -0.137. The molecule has 23 heavy (non-hydrogen) atoms. The standard InChI is InChI=1S/C16H21NO5S/c1-23(21,22)14-7-4-5-12(11-14)16(20)17-10-3-2-6-13(17)8-9-15(18)19/h4-5,7,11,13H,2-3,6,8-10H2,1H3,(H,18,19)/t13-/m1/s1. The molecular weight excluding hydrogens is 318 g/mol. The van der Waals surface area contributed by atoms with Crippen LogP contribution in [0.25, 0.3) is 0 Å². The van der Waals surface area contributed by atoms with E-state index in [1.807, 2.05) is 0 Å². The van der Waals surface area contributed by atoms with Crippen molar-refractivity contribution in [1.82, 2.24) is 4.90 Å². The van der Waals surface area contributed by atoms with Crippen molar-refractivity contribution in [3.63, 3.8) is 0 Å². The lowest BCUT2D eigenvalue weighted by Crippen LogP contribution is -2.44. The SMILES string of the molecule is CS(=O)(=O)c1cccc(C(=O)N2CCCC[C@@H]2CCC(=O)O)c1. The summed E-state index contributed by atoms with van der Waals surface area (Å²) >= 11 is 0. The molecule has 0 radical (unpaired) electrons. The predicted octanol–water partition coefficient (Wildman–Crippen LogP) is 1.95. The van der Waals surface area contributed by atoms with Crippen LogP contribution in [0.3, 0.4) is 0 Å². The van der Waals surface area contributed by atoms with E-state index in [1.165, 1.54) is 12.1 Å². The second-order valence-corrected chi connectivity index (χ2v) is 7.90. The molecule has 0 aliphatic carbocycles. The van der Waals surface area contributed by atoms with Crippen LogP contribution in [0, 0.1) is 0 Å². The summed E-state index contributed by atoms with van der Waals surface area (Å²) in [5.41, 5.74) is 0.329. The lowest BCUT2D eigenvalue weighted by atomic mass is 9.97. The van der Waals surface area contributed by atoms with E-state index in [-0.39, 0.29) is 23.3 Å². The van der Waals surface area contributed by atoms with Crippen LogP contribution < -0.4 is 0 Å². The summed E-state index contributed by atoms with van der Waals surface area (Å²) in [6.07, 6.45) is 4.18. The fourth-order valence-corrected chi connectivity index (χ4v) is 3.55. The Labute approximate surface area is 136 Å². The minimum Gasteiger partial charge on any atom is -0.481 e. The van der Waals surface area contributed by atoms with Crippen molar-refractivity contribution in [2.45, 2.75) is 43.0 Å². The van der Waals surface area contributed by atoms with Crippen molar-refractivity contribution in [2.24, 2.45) is 0 Å². The van der Waals surface area contributed by atoms with Gasteiger partial charge in [-0.05, 0) is 43.9 Å². The summed E-state index contributed by atoms with van der Waals surface area (Å²) in [7, 11) is -3.37. The Balaban J connectivity index is 2.21. The number of carbonyl (C=O) groups excluding carboxylic acids is 1. The van der Waals surface area contributed by atoms with E-state index in [9.17, 15) is 18.0 Å². The number of amides is 1. The Morgan fingerprint density at radius 1 is 1.30 bits per heavy atom. The van der Waals surface area contributed by atoms with Gasteiger partial charge in [-0.15, -0.1) is 0 Å². The number of carboxylic acids is 1. The number of nitrogens with zero attached hydrogens (tertiary/aromatic N) is 1. The molecule has 2 rings (SSSR count). The van der Waals surface area contributed by atoms with Crippen LogP contribution in [0.2, 0.25) is 0 Å². The number of hydrogen-bond donors (Lipinski definition) is 1. The molecule has 0 bridgehead atoms. The van der Waals surface area contributed by atoms with Gasteiger partial charge in [-0.25, -0.2) is 8.42 Å². The summed E-state index contributed by atoms with van der Waals surface area (Å²) in [5, 5.41) is 8.84. The fraction of sp³-hybridized carbons (Fsp3) is 0.500. The number of piperidine rings is 1. The van der Waals surface area contributed by atoms with Crippen LogP contribution in [0.1, 0.15) is 42.5 Å². The maximum atomic E-state index is 12.7. The molecule has 1 fully saturated rings. The summed E-state index contributed by atoms with van der Waals surface area (Å²) in [6.45, 7) is 0.576. The number of carboxylic acid groups (broad SMARTS) is 1. The first-order valence-electron chi connectivity index (χ1n) is 7.62. The Bertz CT molecular complexity index is 698. The van der Waals surface area contributed by atoms with Crippen LogP contribution in [-0.4, -0.2) is 49.1 Å². The van der Waals surface area contributed by atoms with Gasteiger partial charge in [0.25, 0.3) is 5.91 Å². The van der Waals surface area contributed by atoms with Crippen molar-refractivity contribution in [2.75, 3.05) is 12.8 Å². The highest BCUT2D eigenvalue weighted by Gasteiger charge is 2.28. The quantitative estimate of drug-likeness (QED) is 0.885. The number of likely N-dealkylation sites (tertiary alicyclic amines) is 1. The molecule has 1 aromatic carbocycles. The molecule has 0 unspecified atom stereocenters. The molecular formula is C16H21NO5S. The molecule has 1 aliphatic heterocycles. The third-order valence-electron chi connectivity index (χ3n) is 4.09. The fourth-order valence-electron chi connectivity index (χ4n) is 2.88. The van der Waals surface area contributed by atoms with E-state index < -0.39 is 15.8 Å². The highest BCUT2D eigenvalue weighted by molar-refractivity contribution is 7.90. The Morgan fingerprint density at radius 3 is 2.70 bits per heavy atom. The summed E-state index contributed by atoms with van der Waals surface area (Å²) < 4.78 is 23.3. The van der Waals surface area contributed by atoms with E-state index in [0.29, 0.717) is 18.5 Å². The topological polar surface area (TPSA) is 91.8 Å². The van der Waals surface area contributed by atoms with E-state index in [1.54, 1.807) is 17.0 Å². The van der Waals surface area contributed by atoms with Gasteiger partial charge in [0.2, 0.25) is 0 Å². The van der Waals surface area contributed by atoms with Crippen LogP contribution in [0.4, 0.5) is 0 Å². The second-order valence-electron chi connectivity index (χ2n) is 5.88. The molecule has 1 atom stereocenters. The molecule has 0 saturated carbocycles. The molecule has 0 aromatic heterocycles. The van der Waals surface area contributed by atoms with Gasteiger partial charge in [0.1, 0.15) is 0 Å². The number of rotatable bonds is 5. The average molecular weight is 339 g/mol. The Morgan fingerprint density at radius 2 is 2.04 bits per heavy atom. The van der Waals surface area contributed by atoms with Gasteiger partial charge in [0, 0.05) is 30.8 Å². The van der Waals surface area contributed by atoms with Gasteiger partial charge in [0.15, 0.2) is 9.84 Å². The highest BCUT2D eigenvalue weighted by Crippen LogP contribution is 2.24. The largest absolute Gasteiger partial charge is 0.481 e. The van der Waals surface area contributed by atoms with Crippen molar-refractivity contribution in [1.29, 1.82) is 0 Å². The molecule has 6 nitrogen and oxygen atoms in total. The molecule has 1 heterocycles. The average Bonchev–Trinajstić information content (AvgIpc) is 2.52. The number of benzene rings is 1. The smallest absolute Gasteiger partial charge is 0.303 e. The van der Waals surface area contributed by atoms with Gasteiger partial charge < -0.3 is 10.0 Å². The second kappa shape index (κ2) is 7.12. The molecule has 7 heteroatoms. The molecule has 1 amide bonds. The highest BCUT2D eigenvalue weighted by atomic mass is 32.2. The first kappa shape index (κ1) is 17.5. The lowest BCUT2D eigenvalue weighted by Gasteiger charge is -2.35. The molecule has 1 saturated heterocycles. The van der Waals surface area contributed by atoms with Crippen LogP contribution in [0.15, 0.2) is 29.2 Å². The van der Waals surface area contributed by atoms with E-state index in [2.05, 4.69) is 0 Å². The normalized spacial score (nSPS) is 18.7. The minimum atomic E-state index is -3.37. The maximum absolute atomic E-state index is 12.7. The number of hydrogen-bond acceptors (Lipinski definition) is 4. The first-order valence-corrected chi connectivity index (χ1v) is 9.51. The first-order chi connectivity index (χ1) is 10.8. The third kappa shape index (κ3) is 4.54. The zero-order valence-electron chi connectivity index (χ0n) is 13.1. The number of aliphatic carboxylic acids is 1. The van der Waals surface area contributed by atoms with Crippen LogP contribution in [-0.2, 0) is 14.6 Å². The van der Waals surface area contributed by atoms with E-state index in [4.69, 9.17) is 5.11 Å². The summed E-state index contributed by atoms with van der Waals surface area (Å²) in [4.78, 5) is 25.3. The van der Waals surface area contributed by atoms with Crippen LogP contribution in [0.5, 0.6) is 0 Å². The zero-order chi connectivity index (χ0) is 17.0. The monoisotopic (exact) mass is 339 g/mol. The Kier molecular flexibility index (Phi) is 5.41. The zero-order valence-corrected chi connectivity index (χ0v) is 13.9. The van der Waals surface area contributed by atoms with Gasteiger partial charge in [-0.1, -0.05) is 6.07 Å². The summed E-state index contributed by atoms with van der Waals surface area (Å²) in [5.74, 6) is -1.10. The van der Waals surface area contributed by atoms with Crippen molar-refractivity contribution in [3.8, 4) is 0 Å². The van der Waals surface area contributed by atoms with Gasteiger partial charge in [-0.3, -0.25) is 9.59 Å². The van der Waals surface area contributed by atoms with E-state index in [0.717, 1.165) is 25.5 Å². The van der Waals surface area contributed by atoms with Crippen molar-refractivity contribution < 1.29 is 23.1 Å². The maximum Gasteiger partial charge on any atom is 0.303 e. The van der Waals surface area contributed by atoms with Crippen molar-refractivity contribution >= 4 is 21.7 Å². The third-order valence-corrected chi connectivity index (χ3v) is 5.20. The Hall–Kier alpha value is -1.89. The molecule has 0 spiro atoms. The molecule has 1 aromatic rings. The van der Waals surface area contributed by atoms with Gasteiger partial charge in [-0.2, -0.15) is 0 Å². The molecule has 1 N–H and O–H groups in total. The molecule has 1 aliphatic rings. The van der Waals surface area contributed by atoms with E-state index >= 15 is 0 Å². The number of carbonyl (C=O) groups is 2. The minimum absolute atomic E-state index is 0.0256. The summed E-state index contributed by atoms with van der Waals surface area (Å²) in [6, 6.07) is 5.90. The van der Waals surface area contributed by atoms with Crippen molar-refractivity contribution in [3.05, 3.63) is 29.8 Å². The van der Waals surface area contributed by atoms with Crippen LogP contribution >= 0.6 is 0 Å². The van der Waals surface area contributed by atoms with Gasteiger partial charge in [0.05, 0.1) is 4.90 Å².